The predicted octanol–water partition coefficient (Wildman–Crippen LogP) is 3.34. The van der Waals surface area contributed by atoms with Crippen molar-refractivity contribution in [1.29, 1.82) is 0 Å². The summed E-state index contributed by atoms with van der Waals surface area (Å²) in [6, 6.07) is 5.87. The summed E-state index contributed by atoms with van der Waals surface area (Å²) in [5, 5.41) is 4.45. The average molecular weight is 247 g/mol. The third kappa shape index (κ3) is 2.36. The minimum atomic E-state index is 0.757. The molecule has 1 saturated carbocycles. The smallest absolute Gasteiger partial charge is 0.183 e. The highest BCUT2D eigenvalue weighted by Gasteiger charge is 2.27. The molecule has 0 aliphatic heterocycles. The van der Waals surface area contributed by atoms with Crippen molar-refractivity contribution in [3.05, 3.63) is 18.2 Å². The molecule has 2 aromatic rings. The molecular weight excluding hydrogens is 230 g/mol. The van der Waals surface area contributed by atoms with Gasteiger partial charge in [-0.1, -0.05) is 18.3 Å². The fourth-order valence-corrected chi connectivity index (χ4v) is 3.02. The number of nitrogens with two attached hydrogens (primary N) is 1. The minimum Gasteiger partial charge on any atom is -0.399 e. The first-order valence-corrected chi connectivity index (χ1v) is 6.94. The second-order valence-corrected chi connectivity index (χ2v) is 5.97. The first-order valence-electron chi connectivity index (χ1n) is 6.12. The maximum absolute atomic E-state index is 5.76. The van der Waals surface area contributed by atoms with Crippen molar-refractivity contribution in [1.82, 2.24) is 4.98 Å². The molecular formula is C13H17N3S. The van der Waals surface area contributed by atoms with Crippen LogP contribution in [0.15, 0.2) is 18.2 Å². The van der Waals surface area contributed by atoms with Gasteiger partial charge in [-0.25, -0.2) is 4.98 Å². The number of nitrogens with one attached hydrogen (secondary N) is 1. The molecule has 1 aliphatic carbocycles. The molecule has 3 rings (SSSR count). The molecule has 4 heteroatoms. The average Bonchev–Trinajstić information content (AvgIpc) is 3.07. The number of hydrogen-bond donors (Lipinski definition) is 2. The SMILES string of the molecule is CC(CNc1nc2ccc(N)cc2s1)C1CC1. The summed E-state index contributed by atoms with van der Waals surface area (Å²) >= 11 is 1.68. The second-order valence-electron chi connectivity index (χ2n) is 4.94. The molecule has 1 atom stereocenters. The Morgan fingerprint density at radius 2 is 2.35 bits per heavy atom. The van der Waals surface area contributed by atoms with Crippen molar-refractivity contribution in [2.75, 3.05) is 17.6 Å². The number of nitrogens with zero attached hydrogens (tertiary/aromatic N) is 1. The number of benzene rings is 1. The molecule has 17 heavy (non-hydrogen) atoms. The van der Waals surface area contributed by atoms with Gasteiger partial charge in [0.2, 0.25) is 0 Å². The van der Waals surface area contributed by atoms with Gasteiger partial charge in [0.1, 0.15) is 0 Å². The lowest BCUT2D eigenvalue weighted by Crippen LogP contribution is -2.12. The summed E-state index contributed by atoms with van der Waals surface area (Å²) in [6.07, 6.45) is 2.80. The van der Waals surface area contributed by atoms with E-state index in [1.54, 1.807) is 11.3 Å². The van der Waals surface area contributed by atoms with Crippen LogP contribution in [-0.2, 0) is 0 Å². The lowest BCUT2D eigenvalue weighted by atomic mass is 10.1. The molecule has 90 valence electrons. The number of thiazole rings is 1. The summed E-state index contributed by atoms with van der Waals surface area (Å²) in [4.78, 5) is 4.56. The van der Waals surface area contributed by atoms with E-state index < -0.39 is 0 Å². The van der Waals surface area contributed by atoms with Gasteiger partial charge < -0.3 is 11.1 Å². The van der Waals surface area contributed by atoms with Crippen LogP contribution in [-0.4, -0.2) is 11.5 Å². The predicted molar refractivity (Wildman–Crippen MR) is 74.4 cm³/mol. The monoisotopic (exact) mass is 247 g/mol. The Kier molecular flexibility index (Phi) is 2.67. The van der Waals surface area contributed by atoms with E-state index in [0.29, 0.717) is 0 Å². The largest absolute Gasteiger partial charge is 0.399 e. The number of nitrogen functional groups attached to an aromatic ring is 1. The van der Waals surface area contributed by atoms with Gasteiger partial charge >= 0.3 is 0 Å². The highest BCUT2D eigenvalue weighted by Crippen LogP contribution is 2.37. The van der Waals surface area contributed by atoms with Crippen molar-refractivity contribution in [2.24, 2.45) is 11.8 Å². The van der Waals surface area contributed by atoms with Gasteiger partial charge in [-0.05, 0) is 42.9 Å². The molecule has 1 aliphatic rings. The van der Waals surface area contributed by atoms with E-state index in [2.05, 4.69) is 17.2 Å². The molecule has 3 N–H and O–H groups in total. The first kappa shape index (κ1) is 10.8. The fraction of sp³-hybridized carbons (Fsp3) is 0.462. The molecule has 1 aromatic heterocycles. The summed E-state index contributed by atoms with van der Waals surface area (Å²) < 4.78 is 1.16. The molecule has 3 nitrogen and oxygen atoms in total. The summed E-state index contributed by atoms with van der Waals surface area (Å²) in [5.41, 5.74) is 7.60. The molecule has 0 radical (unpaired) electrons. The maximum atomic E-state index is 5.76. The van der Waals surface area contributed by atoms with Gasteiger partial charge in [-0.2, -0.15) is 0 Å². The van der Waals surface area contributed by atoms with Crippen LogP contribution in [0, 0.1) is 11.8 Å². The first-order chi connectivity index (χ1) is 8.22. The number of rotatable bonds is 4. The minimum absolute atomic E-state index is 0.757. The number of hydrogen-bond acceptors (Lipinski definition) is 4. The van der Waals surface area contributed by atoms with Crippen LogP contribution in [0.25, 0.3) is 10.2 Å². The summed E-state index contributed by atoms with van der Waals surface area (Å²) in [6.45, 7) is 3.34. The van der Waals surface area contributed by atoms with Crippen molar-refractivity contribution in [3.63, 3.8) is 0 Å². The van der Waals surface area contributed by atoms with Gasteiger partial charge in [0, 0.05) is 12.2 Å². The zero-order valence-electron chi connectivity index (χ0n) is 9.94. The van der Waals surface area contributed by atoms with Crippen LogP contribution >= 0.6 is 11.3 Å². The van der Waals surface area contributed by atoms with Crippen LogP contribution in [0.5, 0.6) is 0 Å². The number of fused-ring (bicyclic) bond motifs is 1. The standard InChI is InChI=1S/C13H17N3S/c1-8(9-2-3-9)7-15-13-16-11-5-4-10(14)6-12(11)17-13/h4-6,8-9H,2-3,7,14H2,1H3,(H,15,16). The summed E-state index contributed by atoms with van der Waals surface area (Å²) in [7, 11) is 0. The van der Waals surface area contributed by atoms with E-state index in [4.69, 9.17) is 5.73 Å². The Balaban J connectivity index is 1.72. The van der Waals surface area contributed by atoms with Gasteiger partial charge in [-0.15, -0.1) is 0 Å². The van der Waals surface area contributed by atoms with Crippen LogP contribution in [0.2, 0.25) is 0 Å². The molecule has 1 heterocycles. The molecule has 1 aromatic carbocycles. The van der Waals surface area contributed by atoms with E-state index in [1.165, 1.54) is 12.8 Å². The fourth-order valence-electron chi connectivity index (χ4n) is 2.10. The highest BCUT2D eigenvalue weighted by molar-refractivity contribution is 7.22. The Morgan fingerprint density at radius 1 is 1.53 bits per heavy atom. The Labute approximate surface area is 105 Å². The lowest BCUT2D eigenvalue weighted by molar-refractivity contribution is 0.536. The summed E-state index contributed by atoms with van der Waals surface area (Å²) in [5.74, 6) is 1.69. The Hall–Kier alpha value is -1.29. The van der Waals surface area contributed by atoms with E-state index in [0.717, 1.165) is 39.4 Å². The third-order valence-electron chi connectivity index (χ3n) is 3.41. The Bertz CT molecular complexity index is 530. The van der Waals surface area contributed by atoms with Crippen LogP contribution in [0.1, 0.15) is 19.8 Å². The molecule has 1 fully saturated rings. The van der Waals surface area contributed by atoms with Crippen molar-refractivity contribution in [2.45, 2.75) is 19.8 Å². The third-order valence-corrected chi connectivity index (χ3v) is 4.39. The van der Waals surface area contributed by atoms with E-state index in [-0.39, 0.29) is 0 Å². The molecule has 0 bridgehead atoms. The van der Waals surface area contributed by atoms with Gasteiger partial charge in [0.15, 0.2) is 5.13 Å². The van der Waals surface area contributed by atoms with Crippen molar-refractivity contribution in [3.8, 4) is 0 Å². The van der Waals surface area contributed by atoms with Gasteiger partial charge in [-0.3, -0.25) is 0 Å². The zero-order chi connectivity index (χ0) is 11.8. The zero-order valence-corrected chi connectivity index (χ0v) is 10.8. The highest BCUT2D eigenvalue weighted by atomic mass is 32.1. The van der Waals surface area contributed by atoms with E-state index >= 15 is 0 Å². The second kappa shape index (κ2) is 4.18. The molecule has 0 saturated heterocycles. The quantitative estimate of drug-likeness (QED) is 0.815. The van der Waals surface area contributed by atoms with Crippen molar-refractivity contribution < 1.29 is 0 Å². The van der Waals surface area contributed by atoms with E-state index in [1.807, 2.05) is 18.2 Å². The van der Waals surface area contributed by atoms with Crippen LogP contribution in [0.3, 0.4) is 0 Å². The maximum Gasteiger partial charge on any atom is 0.183 e. The van der Waals surface area contributed by atoms with Crippen LogP contribution < -0.4 is 11.1 Å². The van der Waals surface area contributed by atoms with Crippen LogP contribution in [0.4, 0.5) is 10.8 Å². The van der Waals surface area contributed by atoms with E-state index in [9.17, 15) is 0 Å². The molecule has 0 spiro atoms. The Morgan fingerprint density at radius 3 is 3.12 bits per heavy atom. The number of aromatic nitrogens is 1. The van der Waals surface area contributed by atoms with Crippen molar-refractivity contribution >= 4 is 32.4 Å². The number of anilines is 2. The molecule has 0 amide bonds. The lowest BCUT2D eigenvalue weighted by Gasteiger charge is -2.09. The molecule has 1 unspecified atom stereocenters. The van der Waals surface area contributed by atoms with Gasteiger partial charge in [0.25, 0.3) is 0 Å². The topological polar surface area (TPSA) is 50.9 Å². The van der Waals surface area contributed by atoms with Gasteiger partial charge in [0.05, 0.1) is 10.2 Å². The normalized spacial score (nSPS) is 17.2.